The number of rotatable bonds is 7. The summed E-state index contributed by atoms with van der Waals surface area (Å²) in [6.45, 7) is -0.0816. The lowest BCUT2D eigenvalue weighted by Gasteiger charge is -2.29. The van der Waals surface area contributed by atoms with Crippen LogP contribution in [-0.4, -0.2) is 45.4 Å². The van der Waals surface area contributed by atoms with Crippen molar-refractivity contribution < 1.29 is 31.5 Å². The lowest BCUT2D eigenvalue weighted by Crippen LogP contribution is -2.37. The smallest absolute Gasteiger partial charge is 0.387 e. The van der Waals surface area contributed by atoms with Gasteiger partial charge >= 0.3 is 6.61 Å². The summed E-state index contributed by atoms with van der Waals surface area (Å²) in [7, 11) is -2.34. The molecule has 1 aliphatic rings. The van der Waals surface area contributed by atoms with Crippen LogP contribution in [-0.2, 0) is 10.0 Å². The van der Waals surface area contributed by atoms with Gasteiger partial charge in [-0.05, 0) is 55.2 Å². The number of piperidine rings is 1. The molecule has 2 aromatic carbocycles. The van der Waals surface area contributed by atoms with E-state index in [-0.39, 0.29) is 22.0 Å². The second-order valence-corrected chi connectivity index (χ2v) is 9.22. The fraction of sp³-hybridized carbons (Fsp3) is 0.381. The van der Waals surface area contributed by atoms with Gasteiger partial charge in [0.25, 0.3) is 5.91 Å². The Hall–Kier alpha value is -2.72. The number of benzene rings is 2. The van der Waals surface area contributed by atoms with E-state index in [9.17, 15) is 22.0 Å². The molecule has 0 atom stereocenters. The number of hydrogen-bond donors (Lipinski definition) is 1. The zero-order chi connectivity index (χ0) is 22.6. The molecular formula is C21H24F2N2O5S. The van der Waals surface area contributed by atoms with Gasteiger partial charge in [-0.3, -0.25) is 4.79 Å². The zero-order valence-electron chi connectivity index (χ0n) is 17.2. The van der Waals surface area contributed by atoms with E-state index < -0.39 is 22.5 Å². The number of methoxy groups -OCH3 is 1. The van der Waals surface area contributed by atoms with E-state index in [4.69, 9.17) is 4.74 Å². The summed E-state index contributed by atoms with van der Waals surface area (Å²) in [6, 6.07) is 9.91. The molecule has 2 aromatic rings. The lowest BCUT2D eigenvalue weighted by atomic mass is 10.0. The maximum atomic E-state index is 12.8. The molecule has 0 radical (unpaired) electrons. The molecule has 0 spiro atoms. The molecule has 1 fully saturated rings. The first-order chi connectivity index (χ1) is 14.7. The molecule has 10 heteroatoms. The molecule has 7 nitrogen and oxygen atoms in total. The van der Waals surface area contributed by atoms with E-state index in [1.807, 2.05) is 0 Å². The van der Waals surface area contributed by atoms with Gasteiger partial charge in [-0.2, -0.15) is 13.1 Å². The number of nitrogens with zero attached hydrogens (tertiary/aromatic N) is 1. The monoisotopic (exact) mass is 454 g/mol. The molecule has 0 aliphatic carbocycles. The van der Waals surface area contributed by atoms with Crippen LogP contribution in [0.5, 0.6) is 11.5 Å². The van der Waals surface area contributed by atoms with E-state index in [0.29, 0.717) is 24.7 Å². The molecule has 0 unspecified atom stereocenters. The Balaban J connectivity index is 1.77. The minimum Gasteiger partial charge on any atom is -0.493 e. The molecule has 1 N–H and O–H groups in total. The summed E-state index contributed by atoms with van der Waals surface area (Å²) >= 11 is 0. The number of carbonyl (C=O) groups is 1. The predicted octanol–water partition coefficient (Wildman–Crippen LogP) is 3.97. The molecule has 0 aromatic heterocycles. The Morgan fingerprint density at radius 3 is 2.35 bits per heavy atom. The van der Waals surface area contributed by atoms with Crippen molar-refractivity contribution in [3.63, 3.8) is 0 Å². The third-order valence-electron chi connectivity index (χ3n) is 5.14. The van der Waals surface area contributed by atoms with Crippen molar-refractivity contribution >= 4 is 21.6 Å². The standard InChI is InChI=1S/C21H24F2N2O5S/c1-14-10-12-25(13-11-14)31(27,28)16-8-6-15(7-9-16)24-20(26)17-4-3-5-18(29-2)19(17)30-21(22)23/h3-9,14,21H,10-13H2,1-2H3,(H,24,26). The first-order valence-electron chi connectivity index (χ1n) is 9.75. The van der Waals surface area contributed by atoms with Gasteiger partial charge in [0.05, 0.1) is 17.6 Å². The Morgan fingerprint density at radius 2 is 1.77 bits per heavy atom. The minimum absolute atomic E-state index is 0.00904. The Kier molecular flexibility index (Phi) is 7.11. The van der Waals surface area contributed by atoms with E-state index in [1.54, 1.807) is 0 Å². The van der Waals surface area contributed by atoms with Gasteiger partial charge in [-0.1, -0.05) is 13.0 Å². The average molecular weight is 454 g/mol. The predicted molar refractivity (Wildman–Crippen MR) is 111 cm³/mol. The molecule has 1 heterocycles. The number of anilines is 1. The minimum atomic E-state index is -3.61. The molecule has 1 amide bonds. The molecule has 31 heavy (non-hydrogen) atoms. The highest BCUT2D eigenvalue weighted by Gasteiger charge is 2.28. The topological polar surface area (TPSA) is 84.9 Å². The fourth-order valence-electron chi connectivity index (χ4n) is 3.35. The van der Waals surface area contributed by atoms with Gasteiger partial charge in [0, 0.05) is 18.8 Å². The molecule has 168 valence electrons. The third-order valence-corrected chi connectivity index (χ3v) is 7.06. The van der Waals surface area contributed by atoms with E-state index >= 15 is 0 Å². The van der Waals surface area contributed by atoms with Gasteiger partial charge < -0.3 is 14.8 Å². The summed E-state index contributed by atoms with van der Waals surface area (Å²) in [6.07, 6.45) is 1.63. The Morgan fingerprint density at radius 1 is 1.13 bits per heavy atom. The number of sulfonamides is 1. The quantitative estimate of drug-likeness (QED) is 0.684. The molecule has 3 rings (SSSR count). The van der Waals surface area contributed by atoms with Crippen molar-refractivity contribution in [2.45, 2.75) is 31.3 Å². The first-order valence-corrected chi connectivity index (χ1v) is 11.2. The normalized spacial score (nSPS) is 15.6. The number of alkyl halides is 2. The number of hydrogen-bond acceptors (Lipinski definition) is 5. The second-order valence-electron chi connectivity index (χ2n) is 7.28. The van der Waals surface area contributed by atoms with Gasteiger partial charge in [-0.25, -0.2) is 8.42 Å². The van der Waals surface area contributed by atoms with E-state index in [0.717, 1.165) is 12.8 Å². The van der Waals surface area contributed by atoms with Crippen molar-refractivity contribution in [1.82, 2.24) is 4.31 Å². The highest BCUT2D eigenvalue weighted by molar-refractivity contribution is 7.89. The fourth-order valence-corrected chi connectivity index (χ4v) is 4.82. The van der Waals surface area contributed by atoms with Crippen LogP contribution in [0.15, 0.2) is 47.4 Å². The van der Waals surface area contributed by atoms with Crippen molar-refractivity contribution in [2.24, 2.45) is 5.92 Å². The van der Waals surface area contributed by atoms with Crippen LogP contribution in [0.4, 0.5) is 14.5 Å². The number of para-hydroxylation sites is 1. The number of carbonyl (C=O) groups excluding carboxylic acids is 1. The molecule has 1 saturated heterocycles. The summed E-state index contributed by atoms with van der Waals surface area (Å²) in [5.41, 5.74) is 0.167. The molecular weight excluding hydrogens is 430 g/mol. The average Bonchev–Trinajstić information content (AvgIpc) is 2.74. The van der Waals surface area contributed by atoms with E-state index in [2.05, 4.69) is 17.0 Å². The van der Waals surface area contributed by atoms with Gasteiger partial charge in [0.15, 0.2) is 11.5 Å². The summed E-state index contributed by atoms with van der Waals surface area (Å²) in [5.74, 6) is -0.587. The number of amides is 1. The highest BCUT2D eigenvalue weighted by atomic mass is 32.2. The van der Waals surface area contributed by atoms with Gasteiger partial charge in [-0.15, -0.1) is 0 Å². The Labute approximate surface area is 180 Å². The lowest BCUT2D eigenvalue weighted by molar-refractivity contribution is -0.0515. The van der Waals surface area contributed by atoms with Crippen molar-refractivity contribution in [2.75, 3.05) is 25.5 Å². The highest BCUT2D eigenvalue weighted by Crippen LogP contribution is 2.33. The SMILES string of the molecule is COc1cccc(C(=O)Nc2ccc(S(=O)(=O)N3CCC(C)CC3)cc2)c1OC(F)F. The summed E-state index contributed by atoms with van der Waals surface area (Å²) in [4.78, 5) is 12.8. The van der Waals surface area contributed by atoms with Crippen molar-refractivity contribution in [1.29, 1.82) is 0 Å². The van der Waals surface area contributed by atoms with Crippen LogP contribution in [0.2, 0.25) is 0 Å². The second kappa shape index (κ2) is 9.61. The largest absolute Gasteiger partial charge is 0.493 e. The first kappa shape index (κ1) is 23.0. The zero-order valence-corrected chi connectivity index (χ0v) is 18.0. The summed E-state index contributed by atoms with van der Waals surface area (Å²) < 4.78 is 62.1. The van der Waals surface area contributed by atoms with E-state index in [1.165, 1.54) is 53.9 Å². The van der Waals surface area contributed by atoms with Crippen LogP contribution >= 0.6 is 0 Å². The molecule has 1 aliphatic heterocycles. The van der Waals surface area contributed by atoms with Crippen LogP contribution in [0.1, 0.15) is 30.1 Å². The summed E-state index contributed by atoms with van der Waals surface area (Å²) in [5, 5.41) is 2.56. The van der Waals surface area contributed by atoms with Crippen molar-refractivity contribution in [3.8, 4) is 11.5 Å². The Bertz CT molecular complexity index is 1020. The third kappa shape index (κ3) is 5.31. The van der Waals surface area contributed by atoms with Crippen LogP contribution in [0, 0.1) is 5.92 Å². The van der Waals surface area contributed by atoms with Crippen LogP contribution < -0.4 is 14.8 Å². The number of nitrogens with one attached hydrogen (secondary N) is 1. The number of halogens is 2. The number of ether oxygens (including phenoxy) is 2. The van der Waals surface area contributed by atoms with Crippen LogP contribution in [0.3, 0.4) is 0 Å². The maximum absolute atomic E-state index is 12.8. The van der Waals surface area contributed by atoms with Crippen molar-refractivity contribution in [3.05, 3.63) is 48.0 Å². The van der Waals surface area contributed by atoms with Gasteiger partial charge in [0.2, 0.25) is 10.0 Å². The van der Waals surface area contributed by atoms with Gasteiger partial charge in [0.1, 0.15) is 0 Å². The van der Waals surface area contributed by atoms with Crippen LogP contribution in [0.25, 0.3) is 0 Å². The maximum Gasteiger partial charge on any atom is 0.387 e. The molecule has 0 bridgehead atoms. The molecule has 0 saturated carbocycles.